The number of ether oxygens (including phenoxy) is 1. The van der Waals surface area contributed by atoms with Crippen molar-refractivity contribution in [2.45, 2.75) is 25.3 Å². The van der Waals surface area contributed by atoms with Crippen molar-refractivity contribution in [3.05, 3.63) is 0 Å². The summed E-state index contributed by atoms with van der Waals surface area (Å²) in [6, 6.07) is 1.22. The lowest BCUT2D eigenvalue weighted by Gasteiger charge is -2.31. The highest BCUT2D eigenvalue weighted by Gasteiger charge is 2.48. The Morgan fingerprint density at radius 2 is 2.26 bits per heavy atom. The molecular weight excluding hydrogens is 270 g/mol. The SMILES string of the molecule is CN(CCC#N)S(=O)(=O)N1CC[C@@H]2CCOC(=O)[C@H]21. The number of carbonyl (C=O) groups is 1. The second kappa shape index (κ2) is 5.45. The van der Waals surface area contributed by atoms with Gasteiger partial charge >= 0.3 is 5.97 Å². The second-order valence-corrected chi connectivity index (χ2v) is 6.79. The summed E-state index contributed by atoms with van der Waals surface area (Å²) in [6.45, 7) is 0.837. The lowest BCUT2D eigenvalue weighted by atomic mass is 9.96. The van der Waals surface area contributed by atoms with Crippen LogP contribution < -0.4 is 0 Å². The molecule has 19 heavy (non-hydrogen) atoms. The summed E-state index contributed by atoms with van der Waals surface area (Å²) >= 11 is 0. The Balaban J connectivity index is 2.17. The minimum Gasteiger partial charge on any atom is -0.464 e. The fraction of sp³-hybridized carbons (Fsp3) is 0.818. The first-order valence-electron chi connectivity index (χ1n) is 6.25. The molecule has 0 aromatic rings. The van der Waals surface area contributed by atoms with Crippen molar-refractivity contribution in [3.63, 3.8) is 0 Å². The molecule has 0 unspecified atom stereocenters. The van der Waals surface area contributed by atoms with Gasteiger partial charge in [0.1, 0.15) is 6.04 Å². The smallest absolute Gasteiger partial charge is 0.324 e. The molecule has 2 saturated heterocycles. The van der Waals surface area contributed by atoms with Gasteiger partial charge in [0.15, 0.2) is 0 Å². The van der Waals surface area contributed by atoms with Gasteiger partial charge in [0.25, 0.3) is 10.2 Å². The molecule has 0 bridgehead atoms. The number of nitriles is 1. The van der Waals surface area contributed by atoms with Gasteiger partial charge in [-0.2, -0.15) is 22.3 Å². The van der Waals surface area contributed by atoms with Crippen molar-refractivity contribution in [2.75, 3.05) is 26.7 Å². The number of cyclic esters (lactones) is 1. The van der Waals surface area contributed by atoms with Crippen LogP contribution in [-0.4, -0.2) is 55.8 Å². The number of nitrogens with zero attached hydrogens (tertiary/aromatic N) is 3. The first-order chi connectivity index (χ1) is 8.98. The lowest BCUT2D eigenvalue weighted by Crippen LogP contribution is -2.51. The number of esters is 1. The fourth-order valence-corrected chi connectivity index (χ4v) is 4.16. The molecule has 2 aliphatic heterocycles. The molecule has 0 aromatic heterocycles. The van der Waals surface area contributed by atoms with Crippen molar-refractivity contribution < 1.29 is 17.9 Å². The van der Waals surface area contributed by atoms with E-state index >= 15 is 0 Å². The molecule has 2 heterocycles. The van der Waals surface area contributed by atoms with Gasteiger partial charge in [-0.15, -0.1) is 0 Å². The largest absolute Gasteiger partial charge is 0.464 e. The topological polar surface area (TPSA) is 90.7 Å². The molecule has 0 spiro atoms. The van der Waals surface area contributed by atoms with E-state index in [0.29, 0.717) is 26.0 Å². The van der Waals surface area contributed by atoms with E-state index < -0.39 is 22.2 Å². The van der Waals surface area contributed by atoms with E-state index in [2.05, 4.69) is 0 Å². The molecule has 2 rings (SSSR count). The number of rotatable bonds is 4. The Kier molecular flexibility index (Phi) is 4.08. The van der Waals surface area contributed by atoms with Gasteiger partial charge in [0.2, 0.25) is 0 Å². The van der Waals surface area contributed by atoms with Crippen LogP contribution in [-0.2, 0) is 19.7 Å². The maximum Gasteiger partial charge on any atom is 0.324 e. The zero-order chi connectivity index (χ0) is 14.0. The summed E-state index contributed by atoms with van der Waals surface area (Å²) < 4.78 is 32.1. The van der Waals surface area contributed by atoms with Crippen LogP contribution in [0.2, 0.25) is 0 Å². The van der Waals surface area contributed by atoms with Crippen molar-refractivity contribution in [2.24, 2.45) is 5.92 Å². The summed E-state index contributed by atoms with van der Waals surface area (Å²) in [5, 5.41) is 8.52. The third-order valence-electron chi connectivity index (χ3n) is 3.68. The van der Waals surface area contributed by atoms with E-state index in [1.54, 1.807) is 0 Å². The Labute approximate surface area is 112 Å². The minimum atomic E-state index is -3.70. The predicted octanol–water partition coefficient (Wildman–Crippen LogP) is -0.286. The lowest BCUT2D eigenvalue weighted by molar-refractivity contribution is -0.153. The Bertz CT molecular complexity index is 499. The Morgan fingerprint density at radius 1 is 1.53 bits per heavy atom. The van der Waals surface area contributed by atoms with Crippen molar-refractivity contribution in [1.29, 1.82) is 5.26 Å². The number of fused-ring (bicyclic) bond motifs is 1. The van der Waals surface area contributed by atoms with Crippen LogP contribution in [0.15, 0.2) is 0 Å². The molecule has 7 nitrogen and oxygen atoms in total. The summed E-state index contributed by atoms with van der Waals surface area (Å²) in [5.74, 6) is -0.397. The number of hydrogen-bond acceptors (Lipinski definition) is 5. The third-order valence-corrected chi connectivity index (χ3v) is 5.65. The standard InChI is InChI=1S/C11H17N3O4S/c1-13(6-2-5-12)19(16,17)14-7-3-9-4-8-18-11(15)10(9)14/h9-10H,2-4,6-8H2,1H3/t9-,10+/m1/s1. The van der Waals surface area contributed by atoms with Gasteiger partial charge in [-0.1, -0.05) is 0 Å². The summed E-state index contributed by atoms with van der Waals surface area (Å²) in [5.41, 5.74) is 0. The van der Waals surface area contributed by atoms with Gasteiger partial charge < -0.3 is 4.74 Å². The highest BCUT2D eigenvalue weighted by Crippen LogP contribution is 2.33. The highest BCUT2D eigenvalue weighted by atomic mass is 32.2. The maximum atomic E-state index is 12.4. The van der Waals surface area contributed by atoms with Crippen LogP contribution in [0.5, 0.6) is 0 Å². The molecule has 8 heteroatoms. The monoisotopic (exact) mass is 287 g/mol. The molecule has 0 saturated carbocycles. The summed E-state index contributed by atoms with van der Waals surface area (Å²) in [7, 11) is -2.27. The molecule has 0 amide bonds. The molecule has 0 aliphatic carbocycles. The average molecular weight is 287 g/mol. The summed E-state index contributed by atoms with van der Waals surface area (Å²) in [6.07, 6.45) is 1.53. The van der Waals surface area contributed by atoms with Crippen molar-refractivity contribution >= 4 is 16.2 Å². The van der Waals surface area contributed by atoms with E-state index in [1.165, 1.54) is 11.4 Å². The first kappa shape index (κ1) is 14.2. The van der Waals surface area contributed by atoms with Gasteiger partial charge in [0, 0.05) is 26.6 Å². The van der Waals surface area contributed by atoms with Crippen LogP contribution in [0.3, 0.4) is 0 Å². The minimum absolute atomic E-state index is 0.0559. The zero-order valence-corrected chi connectivity index (χ0v) is 11.6. The third kappa shape index (κ3) is 2.59. The van der Waals surface area contributed by atoms with E-state index in [9.17, 15) is 13.2 Å². The van der Waals surface area contributed by atoms with Gasteiger partial charge in [-0.3, -0.25) is 4.79 Å². The van der Waals surface area contributed by atoms with Crippen LogP contribution in [0.25, 0.3) is 0 Å². The van der Waals surface area contributed by atoms with Crippen LogP contribution in [0.1, 0.15) is 19.3 Å². The molecule has 0 radical (unpaired) electrons. The quantitative estimate of drug-likeness (QED) is 0.663. The van der Waals surface area contributed by atoms with E-state index in [0.717, 1.165) is 4.31 Å². The van der Waals surface area contributed by atoms with Crippen LogP contribution in [0, 0.1) is 17.2 Å². The van der Waals surface area contributed by atoms with Gasteiger partial charge in [-0.05, 0) is 18.8 Å². The van der Waals surface area contributed by atoms with Crippen LogP contribution >= 0.6 is 0 Å². The number of carbonyl (C=O) groups excluding carboxylic acids is 1. The molecule has 0 aromatic carbocycles. The van der Waals surface area contributed by atoms with E-state index in [4.69, 9.17) is 10.00 Å². The average Bonchev–Trinajstić information content (AvgIpc) is 2.81. The maximum absolute atomic E-state index is 12.4. The van der Waals surface area contributed by atoms with Crippen molar-refractivity contribution in [3.8, 4) is 6.07 Å². The molecule has 106 valence electrons. The molecular formula is C11H17N3O4S. The first-order valence-corrected chi connectivity index (χ1v) is 7.65. The summed E-state index contributed by atoms with van der Waals surface area (Å²) in [4.78, 5) is 11.8. The Morgan fingerprint density at radius 3 is 2.95 bits per heavy atom. The molecule has 2 aliphatic rings. The van der Waals surface area contributed by atoms with Crippen LogP contribution in [0.4, 0.5) is 0 Å². The highest BCUT2D eigenvalue weighted by molar-refractivity contribution is 7.86. The Hall–Kier alpha value is -1.17. The number of hydrogen-bond donors (Lipinski definition) is 0. The predicted molar refractivity (Wildman–Crippen MR) is 66.0 cm³/mol. The van der Waals surface area contributed by atoms with Gasteiger partial charge in [0.05, 0.1) is 12.7 Å². The van der Waals surface area contributed by atoms with E-state index in [-0.39, 0.29) is 18.9 Å². The van der Waals surface area contributed by atoms with Gasteiger partial charge in [-0.25, -0.2) is 0 Å². The van der Waals surface area contributed by atoms with Crippen molar-refractivity contribution in [1.82, 2.24) is 8.61 Å². The molecule has 0 N–H and O–H groups in total. The fourth-order valence-electron chi connectivity index (χ4n) is 2.59. The second-order valence-electron chi connectivity index (χ2n) is 4.80. The molecule has 2 atom stereocenters. The van der Waals surface area contributed by atoms with E-state index in [1.807, 2.05) is 6.07 Å². The zero-order valence-electron chi connectivity index (χ0n) is 10.8. The normalized spacial score (nSPS) is 27.9. The molecule has 2 fully saturated rings.